The summed E-state index contributed by atoms with van der Waals surface area (Å²) >= 11 is 1.50. The monoisotopic (exact) mass is 248 g/mol. The number of hydrogen-bond donors (Lipinski definition) is 0. The van der Waals surface area contributed by atoms with Crippen LogP contribution in [0.3, 0.4) is 0 Å². The van der Waals surface area contributed by atoms with E-state index in [1.807, 2.05) is 0 Å². The van der Waals surface area contributed by atoms with Crippen LogP contribution in [-0.2, 0) is 12.8 Å². The molecule has 0 aromatic carbocycles. The molecule has 1 aliphatic carbocycles. The third-order valence-electron chi connectivity index (χ3n) is 2.77. The Morgan fingerprint density at radius 2 is 2.47 bits per heavy atom. The third-order valence-corrected chi connectivity index (χ3v) is 3.47. The number of rotatable bonds is 4. The zero-order valence-electron chi connectivity index (χ0n) is 9.24. The fourth-order valence-corrected chi connectivity index (χ4v) is 2.47. The number of hydrogen-bond acceptors (Lipinski definition) is 6. The van der Waals surface area contributed by atoms with Gasteiger partial charge in [0.2, 0.25) is 5.89 Å². The molecule has 0 N–H and O–H groups in total. The van der Waals surface area contributed by atoms with Crippen molar-refractivity contribution in [1.29, 1.82) is 0 Å². The molecule has 17 heavy (non-hydrogen) atoms. The molecule has 2 aromatic rings. The zero-order chi connectivity index (χ0) is 11.5. The van der Waals surface area contributed by atoms with Crippen LogP contribution < -0.4 is 0 Å². The minimum absolute atomic E-state index is 0.560. The van der Waals surface area contributed by atoms with E-state index >= 15 is 0 Å². The summed E-state index contributed by atoms with van der Waals surface area (Å²) in [7, 11) is 0. The van der Waals surface area contributed by atoms with Crippen molar-refractivity contribution in [2.75, 3.05) is 0 Å². The molecule has 1 aliphatic rings. The molecule has 1 atom stereocenters. The van der Waals surface area contributed by atoms with Crippen molar-refractivity contribution in [2.45, 2.75) is 25.7 Å². The summed E-state index contributed by atoms with van der Waals surface area (Å²) in [5, 5.41) is 12.6. The first-order chi connectivity index (χ1) is 8.40. The molecular formula is C11H12N4OS. The van der Waals surface area contributed by atoms with Gasteiger partial charge in [0.15, 0.2) is 5.82 Å². The first-order valence-corrected chi connectivity index (χ1v) is 6.51. The molecule has 0 saturated carbocycles. The highest BCUT2D eigenvalue weighted by molar-refractivity contribution is 7.09. The zero-order valence-corrected chi connectivity index (χ0v) is 10.1. The number of aromatic nitrogens is 4. The molecule has 88 valence electrons. The van der Waals surface area contributed by atoms with Gasteiger partial charge in [-0.2, -0.15) is 4.98 Å². The predicted octanol–water partition coefficient (Wildman–Crippen LogP) is 2.02. The second-order valence-electron chi connectivity index (χ2n) is 4.08. The molecule has 0 bridgehead atoms. The van der Waals surface area contributed by atoms with E-state index in [4.69, 9.17) is 4.52 Å². The molecule has 6 heteroatoms. The van der Waals surface area contributed by atoms with E-state index in [1.165, 1.54) is 17.8 Å². The lowest BCUT2D eigenvalue weighted by atomic mass is 10.1. The minimum atomic E-state index is 0.560. The molecule has 0 spiro atoms. The summed E-state index contributed by atoms with van der Waals surface area (Å²) < 4.78 is 5.24. The van der Waals surface area contributed by atoms with Gasteiger partial charge in [-0.15, -0.1) is 21.5 Å². The minimum Gasteiger partial charge on any atom is -0.339 e. The van der Waals surface area contributed by atoms with Gasteiger partial charge in [0.25, 0.3) is 0 Å². The first-order valence-electron chi connectivity index (χ1n) is 5.63. The average molecular weight is 248 g/mol. The van der Waals surface area contributed by atoms with Crippen molar-refractivity contribution in [3.63, 3.8) is 0 Å². The maximum atomic E-state index is 5.24. The maximum absolute atomic E-state index is 5.24. The molecular weight excluding hydrogens is 236 g/mol. The fourth-order valence-electron chi connectivity index (χ4n) is 1.94. The Labute approximate surface area is 103 Å². The van der Waals surface area contributed by atoms with Gasteiger partial charge in [-0.1, -0.05) is 17.3 Å². The lowest BCUT2D eigenvalue weighted by Crippen LogP contribution is -1.98. The van der Waals surface area contributed by atoms with Crippen LogP contribution >= 0.6 is 11.3 Å². The first kappa shape index (κ1) is 10.6. The van der Waals surface area contributed by atoms with Crippen molar-refractivity contribution in [3.8, 4) is 0 Å². The molecule has 0 radical (unpaired) electrons. The highest BCUT2D eigenvalue weighted by Crippen LogP contribution is 2.21. The van der Waals surface area contributed by atoms with E-state index in [1.54, 1.807) is 5.51 Å². The second kappa shape index (κ2) is 4.75. The molecule has 2 aromatic heterocycles. The summed E-state index contributed by atoms with van der Waals surface area (Å²) in [4.78, 5) is 4.38. The van der Waals surface area contributed by atoms with Gasteiger partial charge in [-0.25, -0.2) is 0 Å². The van der Waals surface area contributed by atoms with Crippen molar-refractivity contribution in [2.24, 2.45) is 5.92 Å². The smallest absolute Gasteiger partial charge is 0.227 e. The van der Waals surface area contributed by atoms with E-state index in [-0.39, 0.29) is 0 Å². The highest BCUT2D eigenvalue weighted by atomic mass is 32.1. The van der Waals surface area contributed by atoms with E-state index in [9.17, 15) is 0 Å². The Kier molecular flexibility index (Phi) is 2.96. The van der Waals surface area contributed by atoms with Crippen molar-refractivity contribution in [3.05, 3.63) is 34.4 Å². The molecule has 0 amide bonds. The van der Waals surface area contributed by atoms with Gasteiger partial charge in [-0.05, 0) is 18.8 Å². The van der Waals surface area contributed by atoms with E-state index in [0.29, 0.717) is 18.2 Å². The molecule has 2 heterocycles. The van der Waals surface area contributed by atoms with Crippen LogP contribution in [0.25, 0.3) is 0 Å². The Morgan fingerprint density at radius 1 is 1.47 bits per heavy atom. The molecule has 0 fully saturated rings. The van der Waals surface area contributed by atoms with Gasteiger partial charge in [-0.3, -0.25) is 0 Å². The standard InChI is InChI=1S/C11H12N4OS/c1-2-4-8(3-1)5-10-13-9(15-16-10)6-11-14-12-7-17-11/h1,3,7-8H,2,4-6H2. The van der Waals surface area contributed by atoms with Crippen LogP contribution in [0.2, 0.25) is 0 Å². The molecule has 0 aliphatic heterocycles. The van der Waals surface area contributed by atoms with Crippen LogP contribution in [0.4, 0.5) is 0 Å². The molecule has 3 rings (SSSR count). The SMILES string of the molecule is C1=CC(Cc2nc(Cc3nncs3)no2)CC1. The van der Waals surface area contributed by atoms with E-state index in [0.717, 1.165) is 23.7 Å². The predicted molar refractivity (Wildman–Crippen MR) is 62.6 cm³/mol. The van der Waals surface area contributed by atoms with Crippen LogP contribution in [0, 0.1) is 5.92 Å². The summed E-state index contributed by atoms with van der Waals surface area (Å²) in [5.41, 5.74) is 1.71. The molecule has 5 nitrogen and oxygen atoms in total. The Hall–Kier alpha value is -1.56. The van der Waals surface area contributed by atoms with Gasteiger partial charge < -0.3 is 4.52 Å². The van der Waals surface area contributed by atoms with E-state index in [2.05, 4.69) is 32.5 Å². The van der Waals surface area contributed by atoms with Gasteiger partial charge in [0, 0.05) is 6.42 Å². The topological polar surface area (TPSA) is 64.7 Å². The van der Waals surface area contributed by atoms with Crippen LogP contribution in [-0.4, -0.2) is 20.3 Å². The average Bonchev–Trinajstić information content (AvgIpc) is 3.02. The Balaban J connectivity index is 1.63. The van der Waals surface area contributed by atoms with Crippen molar-refractivity contribution < 1.29 is 4.52 Å². The summed E-state index contributed by atoms with van der Waals surface area (Å²) in [6.07, 6.45) is 8.25. The third kappa shape index (κ3) is 2.58. The summed E-state index contributed by atoms with van der Waals surface area (Å²) in [6, 6.07) is 0. The number of nitrogens with zero attached hydrogens (tertiary/aromatic N) is 4. The van der Waals surface area contributed by atoms with Crippen molar-refractivity contribution >= 4 is 11.3 Å². The van der Waals surface area contributed by atoms with Gasteiger partial charge in [0.1, 0.15) is 10.5 Å². The lowest BCUT2D eigenvalue weighted by molar-refractivity contribution is 0.360. The van der Waals surface area contributed by atoms with Gasteiger partial charge >= 0.3 is 0 Å². The molecule has 0 saturated heterocycles. The largest absolute Gasteiger partial charge is 0.339 e. The van der Waals surface area contributed by atoms with Crippen LogP contribution in [0.1, 0.15) is 29.6 Å². The van der Waals surface area contributed by atoms with Crippen LogP contribution in [0.15, 0.2) is 22.2 Å². The fraction of sp³-hybridized carbons (Fsp3) is 0.455. The maximum Gasteiger partial charge on any atom is 0.227 e. The second-order valence-corrected chi connectivity index (χ2v) is 5.00. The van der Waals surface area contributed by atoms with E-state index < -0.39 is 0 Å². The normalized spacial score (nSPS) is 18.9. The number of allylic oxidation sites excluding steroid dienone is 2. The summed E-state index contributed by atoms with van der Waals surface area (Å²) in [5.74, 6) is 1.98. The van der Waals surface area contributed by atoms with Crippen LogP contribution in [0.5, 0.6) is 0 Å². The summed E-state index contributed by atoms with van der Waals surface area (Å²) in [6.45, 7) is 0. The Bertz CT molecular complexity index is 505. The Morgan fingerprint density at radius 3 is 3.24 bits per heavy atom. The lowest BCUT2D eigenvalue weighted by Gasteiger charge is -2.00. The quantitative estimate of drug-likeness (QED) is 0.774. The van der Waals surface area contributed by atoms with Gasteiger partial charge in [0.05, 0.1) is 6.42 Å². The highest BCUT2D eigenvalue weighted by Gasteiger charge is 2.15. The molecule has 1 unspecified atom stereocenters. The van der Waals surface area contributed by atoms with Crippen molar-refractivity contribution in [1.82, 2.24) is 20.3 Å².